The lowest BCUT2D eigenvalue weighted by Crippen LogP contribution is -2.44. The number of hydrogen-bond acceptors (Lipinski definition) is 7. The monoisotopic (exact) mass is 562 g/mol. The molecule has 3 rings (SSSR count). The van der Waals surface area contributed by atoms with Gasteiger partial charge in [-0.15, -0.1) is 0 Å². The standard InChI is InChI=1S/C31H34N2O8/c1-40-29(37)16-15-22-8-4-5-10-25(22)30(38)33-26(11-6-12-28(35)36)31(39)41-24(19-27(32)34)18-20-13-14-21-7-2-3-9-23(21)17-20/h2-5,7-10,13-14,17,24,26H,6,11-12,15-16,18-19H2,1H3,(H2,32,34)(H,33,38)(H,35,36)/t24-,26-/m0/s1. The number of ether oxygens (including phenoxy) is 2. The molecule has 0 bridgehead atoms. The topological polar surface area (TPSA) is 162 Å². The molecule has 0 saturated carbocycles. The van der Waals surface area contributed by atoms with E-state index in [1.54, 1.807) is 24.3 Å². The average Bonchev–Trinajstić information content (AvgIpc) is 2.94. The molecule has 3 aromatic carbocycles. The summed E-state index contributed by atoms with van der Waals surface area (Å²) in [6.45, 7) is 0. The highest BCUT2D eigenvalue weighted by Gasteiger charge is 2.27. The van der Waals surface area contributed by atoms with Gasteiger partial charge in [-0.25, -0.2) is 4.79 Å². The third-order valence-corrected chi connectivity index (χ3v) is 6.55. The number of carbonyl (C=O) groups is 5. The number of aryl methyl sites for hydroxylation is 1. The van der Waals surface area contributed by atoms with Crippen LogP contribution in [-0.2, 0) is 41.5 Å². The van der Waals surface area contributed by atoms with Crippen molar-refractivity contribution in [3.8, 4) is 0 Å². The van der Waals surface area contributed by atoms with Gasteiger partial charge in [0.2, 0.25) is 5.91 Å². The van der Waals surface area contributed by atoms with E-state index in [4.69, 9.17) is 15.6 Å². The van der Waals surface area contributed by atoms with Crippen molar-refractivity contribution in [3.05, 3.63) is 83.4 Å². The van der Waals surface area contributed by atoms with E-state index in [0.29, 0.717) is 5.56 Å². The Morgan fingerprint density at radius 1 is 0.927 bits per heavy atom. The van der Waals surface area contributed by atoms with E-state index in [9.17, 15) is 24.0 Å². The van der Waals surface area contributed by atoms with Crippen LogP contribution in [0.25, 0.3) is 10.8 Å². The van der Waals surface area contributed by atoms with Crippen LogP contribution in [0.15, 0.2) is 66.7 Å². The van der Waals surface area contributed by atoms with Gasteiger partial charge in [0.05, 0.1) is 13.5 Å². The first-order chi connectivity index (χ1) is 19.7. The third-order valence-electron chi connectivity index (χ3n) is 6.55. The zero-order chi connectivity index (χ0) is 29.8. The van der Waals surface area contributed by atoms with Crippen LogP contribution in [-0.4, -0.2) is 54.1 Å². The smallest absolute Gasteiger partial charge is 0.328 e. The van der Waals surface area contributed by atoms with Crippen molar-refractivity contribution >= 4 is 40.5 Å². The maximum Gasteiger partial charge on any atom is 0.328 e. The highest BCUT2D eigenvalue weighted by atomic mass is 16.5. The summed E-state index contributed by atoms with van der Waals surface area (Å²) in [6, 6.07) is 19.0. The highest BCUT2D eigenvalue weighted by Crippen LogP contribution is 2.19. The minimum absolute atomic E-state index is 0.000463. The molecule has 2 amide bonds. The van der Waals surface area contributed by atoms with Gasteiger partial charge in [-0.3, -0.25) is 19.2 Å². The molecule has 216 valence electrons. The number of aliphatic carboxylic acids is 1. The zero-order valence-electron chi connectivity index (χ0n) is 22.8. The molecule has 3 aromatic rings. The summed E-state index contributed by atoms with van der Waals surface area (Å²) in [6.07, 6.45) is -0.712. The van der Waals surface area contributed by atoms with Crippen molar-refractivity contribution in [1.29, 1.82) is 0 Å². The SMILES string of the molecule is COC(=O)CCc1ccccc1C(=O)N[C@@H](CCCC(=O)O)C(=O)O[C@H](CC(N)=O)Cc1ccc2ccccc2c1. The molecule has 4 N–H and O–H groups in total. The van der Waals surface area contributed by atoms with Gasteiger partial charge in [0, 0.05) is 24.8 Å². The van der Waals surface area contributed by atoms with Crippen LogP contribution in [0.5, 0.6) is 0 Å². The van der Waals surface area contributed by atoms with Crippen molar-refractivity contribution in [2.45, 2.75) is 57.1 Å². The highest BCUT2D eigenvalue weighted by molar-refractivity contribution is 5.98. The number of primary amides is 1. The number of amides is 2. The number of nitrogens with one attached hydrogen (secondary N) is 1. The quantitative estimate of drug-likeness (QED) is 0.238. The molecule has 2 atom stereocenters. The molecular weight excluding hydrogens is 528 g/mol. The Bertz CT molecular complexity index is 1400. The van der Waals surface area contributed by atoms with E-state index in [1.807, 2.05) is 42.5 Å². The Kier molecular flexibility index (Phi) is 11.4. The normalized spacial score (nSPS) is 12.2. The van der Waals surface area contributed by atoms with Gasteiger partial charge in [0.1, 0.15) is 12.1 Å². The molecule has 0 aliphatic heterocycles. The van der Waals surface area contributed by atoms with Crippen LogP contribution in [0.4, 0.5) is 0 Å². The number of esters is 2. The summed E-state index contributed by atoms with van der Waals surface area (Å²) in [7, 11) is 1.28. The van der Waals surface area contributed by atoms with Crippen LogP contribution < -0.4 is 11.1 Å². The molecule has 0 aromatic heterocycles. The number of carboxylic acids is 1. The van der Waals surface area contributed by atoms with Crippen LogP contribution in [0.2, 0.25) is 0 Å². The summed E-state index contributed by atoms with van der Waals surface area (Å²) >= 11 is 0. The maximum absolute atomic E-state index is 13.3. The third kappa shape index (κ3) is 9.75. The van der Waals surface area contributed by atoms with Gasteiger partial charge in [0.15, 0.2) is 0 Å². The molecule has 0 aliphatic carbocycles. The van der Waals surface area contributed by atoms with Gasteiger partial charge in [-0.05, 0) is 47.2 Å². The van der Waals surface area contributed by atoms with E-state index < -0.39 is 41.9 Å². The fourth-order valence-corrected chi connectivity index (χ4v) is 4.50. The average molecular weight is 563 g/mol. The van der Waals surface area contributed by atoms with Gasteiger partial charge in [0.25, 0.3) is 5.91 Å². The minimum Gasteiger partial charge on any atom is -0.481 e. The van der Waals surface area contributed by atoms with Crippen molar-refractivity contribution in [2.24, 2.45) is 5.73 Å². The van der Waals surface area contributed by atoms with Crippen LogP contribution in [0.1, 0.15) is 53.6 Å². The largest absolute Gasteiger partial charge is 0.481 e. The van der Waals surface area contributed by atoms with Crippen molar-refractivity contribution < 1.29 is 38.6 Å². The Labute approximate surface area is 237 Å². The van der Waals surface area contributed by atoms with Gasteiger partial charge in [-0.1, -0.05) is 60.7 Å². The number of rotatable bonds is 15. The van der Waals surface area contributed by atoms with Crippen LogP contribution in [0.3, 0.4) is 0 Å². The fourth-order valence-electron chi connectivity index (χ4n) is 4.50. The summed E-state index contributed by atoms with van der Waals surface area (Å²) in [4.78, 5) is 61.1. The molecule has 0 saturated heterocycles. The van der Waals surface area contributed by atoms with Crippen LogP contribution in [0, 0.1) is 0 Å². The van der Waals surface area contributed by atoms with Crippen molar-refractivity contribution in [2.75, 3.05) is 7.11 Å². The predicted octanol–water partition coefficient (Wildman–Crippen LogP) is 3.33. The zero-order valence-corrected chi connectivity index (χ0v) is 22.8. The van der Waals surface area contributed by atoms with E-state index in [1.165, 1.54) is 7.11 Å². The summed E-state index contributed by atoms with van der Waals surface area (Å²) in [5.41, 5.74) is 7.11. The second kappa shape index (κ2) is 15.2. The molecule has 0 spiro atoms. The van der Waals surface area contributed by atoms with Gasteiger partial charge < -0.3 is 25.6 Å². The molecule has 0 aliphatic rings. The Balaban J connectivity index is 1.78. The second-order valence-corrected chi connectivity index (χ2v) is 9.66. The van der Waals surface area contributed by atoms with E-state index in [0.717, 1.165) is 16.3 Å². The lowest BCUT2D eigenvalue weighted by molar-refractivity contribution is -0.153. The fraction of sp³-hybridized carbons (Fsp3) is 0.323. The lowest BCUT2D eigenvalue weighted by Gasteiger charge is -2.23. The lowest BCUT2D eigenvalue weighted by atomic mass is 10.0. The van der Waals surface area contributed by atoms with E-state index >= 15 is 0 Å². The second-order valence-electron chi connectivity index (χ2n) is 9.66. The first-order valence-electron chi connectivity index (χ1n) is 13.3. The molecule has 41 heavy (non-hydrogen) atoms. The van der Waals surface area contributed by atoms with Crippen LogP contribution >= 0.6 is 0 Å². The molecule has 10 nitrogen and oxygen atoms in total. The maximum atomic E-state index is 13.3. The number of nitrogens with two attached hydrogens (primary N) is 1. The molecule has 0 heterocycles. The first-order valence-corrected chi connectivity index (χ1v) is 13.3. The molecule has 0 radical (unpaired) electrons. The number of hydrogen-bond donors (Lipinski definition) is 3. The number of benzene rings is 3. The Morgan fingerprint density at radius 2 is 1.63 bits per heavy atom. The summed E-state index contributed by atoms with van der Waals surface area (Å²) < 4.78 is 10.4. The Hall–Kier alpha value is -4.73. The predicted molar refractivity (Wildman–Crippen MR) is 151 cm³/mol. The summed E-state index contributed by atoms with van der Waals surface area (Å²) in [5.74, 6) is -3.51. The molecular formula is C31H34N2O8. The Morgan fingerprint density at radius 3 is 2.34 bits per heavy atom. The first kappa shape index (κ1) is 30.8. The number of methoxy groups -OCH3 is 1. The molecule has 0 fully saturated rings. The van der Waals surface area contributed by atoms with Crippen molar-refractivity contribution in [1.82, 2.24) is 5.32 Å². The number of carboxylic acid groups (broad SMARTS) is 1. The summed E-state index contributed by atoms with van der Waals surface area (Å²) in [5, 5.41) is 13.8. The molecule has 10 heteroatoms. The van der Waals surface area contributed by atoms with Gasteiger partial charge in [-0.2, -0.15) is 0 Å². The van der Waals surface area contributed by atoms with Crippen molar-refractivity contribution in [3.63, 3.8) is 0 Å². The van der Waals surface area contributed by atoms with E-state index in [2.05, 4.69) is 10.1 Å². The number of fused-ring (bicyclic) bond motifs is 1. The van der Waals surface area contributed by atoms with Gasteiger partial charge >= 0.3 is 17.9 Å². The molecule has 0 unspecified atom stereocenters. The minimum atomic E-state index is -1.18. The van der Waals surface area contributed by atoms with E-state index in [-0.39, 0.29) is 50.5 Å². The number of carbonyl (C=O) groups excluding carboxylic acids is 4.